The second kappa shape index (κ2) is 14.2. The average molecular weight is 542 g/mol. The van der Waals surface area contributed by atoms with Crippen molar-refractivity contribution in [3.63, 3.8) is 0 Å². The van der Waals surface area contributed by atoms with Crippen molar-refractivity contribution >= 4 is 23.9 Å². The lowest BCUT2D eigenvalue weighted by molar-refractivity contribution is -0.138. The predicted octanol–water partition coefficient (Wildman–Crippen LogP) is 1.98. The Hall–Kier alpha value is -4.06. The first-order valence-corrected chi connectivity index (χ1v) is 12.9. The predicted molar refractivity (Wildman–Crippen MR) is 141 cm³/mol. The van der Waals surface area contributed by atoms with Gasteiger partial charge >= 0.3 is 12.1 Å². The lowest BCUT2D eigenvalue weighted by atomic mass is 10.1. The zero-order valence-corrected chi connectivity index (χ0v) is 22.5. The van der Waals surface area contributed by atoms with Gasteiger partial charge in [-0.05, 0) is 26.3 Å². The highest BCUT2D eigenvalue weighted by atomic mass is 16.6. The van der Waals surface area contributed by atoms with Crippen molar-refractivity contribution in [1.29, 1.82) is 0 Å². The standard InChI is InChI=1S/C27H35N5O7/c1-4-39-27(37)32-14-12-31(13-15-32)26(36)21(10-11-23(33)34)30-25(35)22-17-20(16-18(2)38-3)28-24(29-22)19-8-6-5-7-9-19/h5-9,17-18,21H,4,10-16H2,1-3H3,(H,30,35)(H,33,34)/t18-,21?/m0/s1. The molecule has 0 bridgehead atoms. The van der Waals surface area contributed by atoms with Crippen molar-refractivity contribution in [2.24, 2.45) is 0 Å². The van der Waals surface area contributed by atoms with E-state index in [1.165, 1.54) is 9.80 Å². The number of benzene rings is 1. The smallest absolute Gasteiger partial charge is 0.409 e. The van der Waals surface area contributed by atoms with Crippen LogP contribution in [0.2, 0.25) is 0 Å². The Morgan fingerprint density at radius 1 is 1.05 bits per heavy atom. The van der Waals surface area contributed by atoms with Crippen molar-refractivity contribution in [2.45, 2.75) is 45.3 Å². The van der Waals surface area contributed by atoms with Crippen LogP contribution >= 0.6 is 0 Å². The van der Waals surface area contributed by atoms with Crippen LogP contribution in [0.25, 0.3) is 11.4 Å². The number of nitrogens with zero attached hydrogens (tertiary/aromatic N) is 4. The molecule has 1 unspecified atom stereocenters. The number of aromatic nitrogens is 2. The van der Waals surface area contributed by atoms with E-state index in [0.717, 1.165) is 5.56 Å². The highest BCUT2D eigenvalue weighted by molar-refractivity contribution is 5.96. The van der Waals surface area contributed by atoms with E-state index >= 15 is 0 Å². The van der Waals surface area contributed by atoms with Crippen LogP contribution in [-0.2, 0) is 25.5 Å². The average Bonchev–Trinajstić information content (AvgIpc) is 2.95. The molecule has 3 amide bonds. The van der Waals surface area contributed by atoms with Gasteiger partial charge in [0.25, 0.3) is 5.91 Å². The van der Waals surface area contributed by atoms with Gasteiger partial charge in [-0.25, -0.2) is 14.8 Å². The zero-order chi connectivity index (χ0) is 28.4. The van der Waals surface area contributed by atoms with E-state index in [-0.39, 0.29) is 57.4 Å². The first-order valence-electron chi connectivity index (χ1n) is 12.9. The summed E-state index contributed by atoms with van der Waals surface area (Å²) in [6.07, 6.45) is -0.572. The molecule has 12 nitrogen and oxygen atoms in total. The molecule has 0 spiro atoms. The van der Waals surface area contributed by atoms with Crippen molar-refractivity contribution in [3.05, 3.63) is 47.8 Å². The van der Waals surface area contributed by atoms with Crippen LogP contribution in [0.3, 0.4) is 0 Å². The van der Waals surface area contributed by atoms with E-state index in [1.54, 1.807) is 20.1 Å². The van der Waals surface area contributed by atoms with Gasteiger partial charge in [0.15, 0.2) is 5.82 Å². The second-order valence-electron chi connectivity index (χ2n) is 9.15. The van der Waals surface area contributed by atoms with Gasteiger partial charge in [-0.1, -0.05) is 30.3 Å². The van der Waals surface area contributed by atoms with E-state index in [0.29, 0.717) is 17.9 Å². The number of ether oxygens (including phenoxy) is 2. The molecule has 0 aliphatic carbocycles. The van der Waals surface area contributed by atoms with Crippen LogP contribution in [0.1, 0.15) is 42.9 Å². The number of methoxy groups -OCH3 is 1. The Kier molecular flexibility index (Phi) is 10.7. The summed E-state index contributed by atoms with van der Waals surface area (Å²) in [5.74, 6) is -1.77. The minimum Gasteiger partial charge on any atom is -0.481 e. The minimum atomic E-state index is -1.08. The fourth-order valence-electron chi connectivity index (χ4n) is 4.11. The first kappa shape index (κ1) is 29.5. The number of carbonyl (C=O) groups is 4. The van der Waals surface area contributed by atoms with Gasteiger partial charge in [0.05, 0.1) is 12.7 Å². The SMILES string of the molecule is CCOC(=O)N1CCN(C(=O)C(CCC(=O)O)NC(=O)c2cc(C[C@H](C)OC)nc(-c3ccccc3)n2)CC1. The van der Waals surface area contributed by atoms with Gasteiger partial charge in [0, 0.05) is 57.4 Å². The van der Waals surface area contributed by atoms with Crippen LogP contribution < -0.4 is 5.32 Å². The first-order chi connectivity index (χ1) is 18.7. The molecule has 12 heteroatoms. The molecule has 3 rings (SSSR count). The summed E-state index contributed by atoms with van der Waals surface area (Å²) in [6.45, 7) is 4.88. The number of aliphatic carboxylic acids is 1. The third-order valence-electron chi connectivity index (χ3n) is 6.31. The van der Waals surface area contributed by atoms with E-state index in [1.807, 2.05) is 37.3 Å². The summed E-state index contributed by atoms with van der Waals surface area (Å²) in [7, 11) is 1.59. The third-order valence-corrected chi connectivity index (χ3v) is 6.31. The Morgan fingerprint density at radius 2 is 1.72 bits per heavy atom. The molecule has 210 valence electrons. The van der Waals surface area contributed by atoms with E-state index in [2.05, 4.69) is 15.3 Å². The minimum absolute atomic E-state index is 0.0578. The lowest BCUT2D eigenvalue weighted by Gasteiger charge is -2.35. The number of hydrogen-bond donors (Lipinski definition) is 2. The molecule has 1 fully saturated rings. The van der Waals surface area contributed by atoms with Crippen molar-refractivity contribution in [3.8, 4) is 11.4 Å². The van der Waals surface area contributed by atoms with Crippen LogP contribution in [0.15, 0.2) is 36.4 Å². The molecular weight excluding hydrogens is 506 g/mol. The maximum Gasteiger partial charge on any atom is 0.409 e. The number of rotatable bonds is 11. The molecule has 2 aromatic rings. The zero-order valence-electron chi connectivity index (χ0n) is 22.5. The number of piperazine rings is 1. The van der Waals surface area contributed by atoms with Gasteiger partial charge in [-0.15, -0.1) is 0 Å². The number of carboxylic acids is 1. The summed E-state index contributed by atoms with van der Waals surface area (Å²) >= 11 is 0. The van der Waals surface area contributed by atoms with Crippen molar-refractivity contribution in [1.82, 2.24) is 25.1 Å². The Bertz CT molecular complexity index is 1150. The van der Waals surface area contributed by atoms with E-state index in [9.17, 15) is 24.3 Å². The van der Waals surface area contributed by atoms with Gasteiger partial charge in [0.1, 0.15) is 11.7 Å². The third kappa shape index (κ3) is 8.47. The normalized spacial score (nSPS) is 14.8. The summed E-state index contributed by atoms with van der Waals surface area (Å²) in [4.78, 5) is 62.1. The summed E-state index contributed by atoms with van der Waals surface area (Å²) in [5.41, 5.74) is 1.37. The van der Waals surface area contributed by atoms with Gasteiger partial charge in [-0.3, -0.25) is 14.4 Å². The van der Waals surface area contributed by atoms with E-state index < -0.39 is 29.9 Å². The number of amides is 3. The van der Waals surface area contributed by atoms with Crippen LogP contribution in [0.4, 0.5) is 4.79 Å². The molecule has 1 aliphatic heterocycles. The van der Waals surface area contributed by atoms with Crippen LogP contribution in [0, 0.1) is 0 Å². The molecule has 1 aromatic carbocycles. The Labute approximate surface area is 227 Å². The maximum atomic E-state index is 13.4. The number of nitrogens with one attached hydrogen (secondary N) is 1. The molecule has 0 radical (unpaired) electrons. The van der Waals surface area contributed by atoms with E-state index in [4.69, 9.17) is 9.47 Å². The highest BCUT2D eigenvalue weighted by Gasteiger charge is 2.31. The second-order valence-corrected chi connectivity index (χ2v) is 9.15. The summed E-state index contributed by atoms with van der Waals surface area (Å²) < 4.78 is 10.4. The molecular formula is C27H35N5O7. The van der Waals surface area contributed by atoms with Gasteiger partial charge in [-0.2, -0.15) is 0 Å². The fourth-order valence-corrected chi connectivity index (χ4v) is 4.11. The molecule has 0 saturated carbocycles. The largest absolute Gasteiger partial charge is 0.481 e. The highest BCUT2D eigenvalue weighted by Crippen LogP contribution is 2.18. The molecule has 39 heavy (non-hydrogen) atoms. The summed E-state index contributed by atoms with van der Waals surface area (Å²) in [6, 6.07) is 9.66. The quantitative estimate of drug-likeness (QED) is 0.435. The number of hydrogen-bond acceptors (Lipinski definition) is 8. The number of carbonyl (C=O) groups excluding carboxylic acids is 3. The van der Waals surface area contributed by atoms with Crippen LogP contribution in [0.5, 0.6) is 0 Å². The molecule has 1 aliphatic rings. The monoisotopic (exact) mass is 541 g/mol. The maximum absolute atomic E-state index is 13.4. The lowest BCUT2D eigenvalue weighted by Crippen LogP contribution is -2.56. The molecule has 2 N–H and O–H groups in total. The van der Waals surface area contributed by atoms with Crippen molar-refractivity contribution in [2.75, 3.05) is 39.9 Å². The molecule has 2 heterocycles. The van der Waals surface area contributed by atoms with Crippen LogP contribution in [-0.4, -0.2) is 101 Å². The van der Waals surface area contributed by atoms with Crippen molar-refractivity contribution < 1.29 is 33.8 Å². The topological polar surface area (TPSA) is 151 Å². The number of carboxylic acid groups (broad SMARTS) is 1. The molecule has 2 atom stereocenters. The Balaban J connectivity index is 1.81. The molecule has 1 aromatic heterocycles. The Morgan fingerprint density at radius 3 is 2.33 bits per heavy atom. The van der Waals surface area contributed by atoms with Gasteiger partial charge < -0.3 is 29.7 Å². The van der Waals surface area contributed by atoms with Gasteiger partial charge in [0.2, 0.25) is 5.91 Å². The molecule has 1 saturated heterocycles. The summed E-state index contributed by atoms with van der Waals surface area (Å²) in [5, 5.41) is 11.9. The fraction of sp³-hybridized carbons (Fsp3) is 0.481.